The fraction of sp³-hybridized carbons (Fsp3) is 0.391. The first-order valence-electron chi connectivity index (χ1n) is 9.58. The van der Waals surface area contributed by atoms with Crippen molar-refractivity contribution in [3.63, 3.8) is 0 Å². The Balaban J connectivity index is 2.00. The van der Waals surface area contributed by atoms with Gasteiger partial charge in [0.05, 0.1) is 0 Å². The Bertz CT molecular complexity index is 884. The summed E-state index contributed by atoms with van der Waals surface area (Å²) in [5.41, 5.74) is 0.891. The Morgan fingerprint density at radius 2 is 1.55 bits per heavy atom. The lowest BCUT2D eigenvalue weighted by atomic mass is 9.97. The van der Waals surface area contributed by atoms with Gasteiger partial charge in [0.1, 0.15) is 17.4 Å². The minimum Gasteiger partial charge on any atom is -0.479 e. The Labute approximate surface area is 171 Å². The molecule has 6 nitrogen and oxygen atoms in total. The third kappa shape index (κ3) is 4.43. The van der Waals surface area contributed by atoms with Crippen molar-refractivity contribution in [1.29, 1.82) is 0 Å². The molecule has 0 saturated carbocycles. The minimum absolute atomic E-state index is 0.608. The third-order valence-corrected chi connectivity index (χ3v) is 4.75. The van der Waals surface area contributed by atoms with E-state index in [1.54, 1.807) is 34.6 Å². The second-order valence-electron chi connectivity index (χ2n) is 8.61. The van der Waals surface area contributed by atoms with E-state index in [0.29, 0.717) is 5.56 Å². The van der Waals surface area contributed by atoms with Gasteiger partial charge in [-0.05, 0) is 51.3 Å². The molecule has 2 aromatic carbocycles. The highest BCUT2D eigenvalue weighted by atomic mass is 16.6. The van der Waals surface area contributed by atoms with Crippen molar-refractivity contribution in [2.75, 3.05) is 0 Å². The maximum Gasteiger partial charge on any atom is 0.413 e. The van der Waals surface area contributed by atoms with Crippen LogP contribution in [0, 0.1) is 0 Å². The molecule has 0 radical (unpaired) electrons. The molecule has 1 heterocycles. The van der Waals surface area contributed by atoms with Crippen LogP contribution in [0.5, 0.6) is 0 Å². The van der Waals surface area contributed by atoms with Crippen LogP contribution in [-0.4, -0.2) is 39.5 Å². The number of benzene rings is 2. The average molecular weight is 397 g/mol. The molecular formula is C23H27NO5. The van der Waals surface area contributed by atoms with E-state index in [1.165, 1.54) is 4.90 Å². The maximum atomic E-state index is 12.9. The molecule has 1 N–H and O–H groups in total. The molecule has 154 valence electrons. The number of rotatable bonds is 3. The molecule has 29 heavy (non-hydrogen) atoms. The SMILES string of the molecule is CC(C)(C)OC(=O)N1[C@@H](c2ccc(-c3ccccc3)cc2)[C@H](C(=O)O)OC1(C)C. The van der Waals surface area contributed by atoms with Crippen molar-refractivity contribution in [3.8, 4) is 11.1 Å². The van der Waals surface area contributed by atoms with E-state index in [0.717, 1.165) is 11.1 Å². The number of aliphatic carboxylic acids is 1. The summed E-state index contributed by atoms with van der Waals surface area (Å²) in [5, 5.41) is 9.74. The van der Waals surface area contributed by atoms with Crippen LogP contribution < -0.4 is 0 Å². The standard InChI is InChI=1S/C23H27NO5/c1-22(2,3)29-21(27)24-18(19(20(25)26)28-23(24,4)5)17-13-11-16(12-14-17)15-9-7-6-8-10-15/h6-14,18-19H,1-5H3,(H,25,26)/t18-,19+/m0/s1. The summed E-state index contributed by atoms with van der Waals surface area (Å²) in [5.74, 6) is -1.12. The normalized spacial score (nSPS) is 21.1. The minimum atomic E-state index is -1.19. The van der Waals surface area contributed by atoms with Gasteiger partial charge >= 0.3 is 12.1 Å². The number of amides is 1. The molecule has 0 spiro atoms. The van der Waals surface area contributed by atoms with Gasteiger partial charge in [0, 0.05) is 0 Å². The molecule has 0 aromatic heterocycles. The first-order chi connectivity index (χ1) is 13.5. The Morgan fingerprint density at radius 1 is 1.00 bits per heavy atom. The summed E-state index contributed by atoms with van der Waals surface area (Å²) in [7, 11) is 0. The Morgan fingerprint density at radius 3 is 2.07 bits per heavy atom. The largest absolute Gasteiger partial charge is 0.479 e. The Kier molecular flexibility index (Phi) is 5.41. The number of carbonyl (C=O) groups is 2. The lowest BCUT2D eigenvalue weighted by Gasteiger charge is -2.35. The molecular weight excluding hydrogens is 370 g/mol. The van der Waals surface area contributed by atoms with Crippen LogP contribution in [0.1, 0.15) is 46.2 Å². The van der Waals surface area contributed by atoms with Crippen molar-refractivity contribution in [1.82, 2.24) is 4.90 Å². The van der Waals surface area contributed by atoms with Crippen LogP contribution in [0.3, 0.4) is 0 Å². The molecule has 0 aliphatic carbocycles. The quantitative estimate of drug-likeness (QED) is 0.801. The molecule has 2 atom stereocenters. The van der Waals surface area contributed by atoms with E-state index in [-0.39, 0.29) is 0 Å². The first kappa shape index (κ1) is 20.9. The van der Waals surface area contributed by atoms with Crippen LogP contribution in [0.15, 0.2) is 54.6 Å². The molecule has 3 rings (SSSR count). The summed E-state index contributed by atoms with van der Waals surface area (Å²) in [6.07, 6.45) is -1.80. The summed E-state index contributed by atoms with van der Waals surface area (Å²) in [4.78, 5) is 26.2. The predicted octanol–water partition coefficient (Wildman–Crippen LogP) is 4.85. The summed E-state index contributed by atoms with van der Waals surface area (Å²) >= 11 is 0. The van der Waals surface area contributed by atoms with E-state index in [4.69, 9.17) is 9.47 Å². The second kappa shape index (κ2) is 7.52. The summed E-state index contributed by atoms with van der Waals surface area (Å²) < 4.78 is 11.3. The maximum absolute atomic E-state index is 12.9. The fourth-order valence-corrected chi connectivity index (χ4v) is 3.56. The highest BCUT2D eigenvalue weighted by Crippen LogP contribution is 2.43. The van der Waals surface area contributed by atoms with E-state index in [9.17, 15) is 14.7 Å². The molecule has 1 aliphatic heterocycles. The number of hydrogen-bond donors (Lipinski definition) is 1. The predicted molar refractivity (Wildman–Crippen MR) is 109 cm³/mol. The number of nitrogens with zero attached hydrogens (tertiary/aromatic N) is 1. The molecule has 6 heteroatoms. The van der Waals surface area contributed by atoms with Gasteiger partial charge in [-0.25, -0.2) is 9.59 Å². The van der Waals surface area contributed by atoms with Crippen LogP contribution >= 0.6 is 0 Å². The highest BCUT2D eigenvalue weighted by molar-refractivity contribution is 5.78. The molecule has 0 unspecified atom stereocenters. The van der Waals surface area contributed by atoms with E-state index < -0.39 is 35.5 Å². The van der Waals surface area contributed by atoms with Crippen molar-refractivity contribution in [2.24, 2.45) is 0 Å². The topological polar surface area (TPSA) is 76.1 Å². The monoisotopic (exact) mass is 397 g/mol. The van der Waals surface area contributed by atoms with Crippen LogP contribution in [0.25, 0.3) is 11.1 Å². The third-order valence-electron chi connectivity index (χ3n) is 4.75. The van der Waals surface area contributed by atoms with E-state index in [1.807, 2.05) is 54.6 Å². The zero-order valence-electron chi connectivity index (χ0n) is 17.4. The van der Waals surface area contributed by atoms with Crippen molar-refractivity contribution in [3.05, 3.63) is 60.2 Å². The molecule has 2 aromatic rings. The zero-order valence-corrected chi connectivity index (χ0v) is 17.4. The number of carboxylic acid groups (broad SMARTS) is 1. The lowest BCUT2D eigenvalue weighted by Crippen LogP contribution is -2.47. The van der Waals surface area contributed by atoms with Gasteiger partial charge in [-0.1, -0.05) is 54.6 Å². The van der Waals surface area contributed by atoms with Crippen molar-refractivity contribution < 1.29 is 24.2 Å². The van der Waals surface area contributed by atoms with Crippen LogP contribution in [0.4, 0.5) is 4.79 Å². The van der Waals surface area contributed by atoms with Gasteiger partial charge in [-0.3, -0.25) is 4.90 Å². The van der Waals surface area contributed by atoms with E-state index >= 15 is 0 Å². The van der Waals surface area contributed by atoms with Gasteiger partial charge in [-0.15, -0.1) is 0 Å². The zero-order chi connectivity index (χ0) is 21.4. The van der Waals surface area contributed by atoms with Crippen LogP contribution in [0.2, 0.25) is 0 Å². The van der Waals surface area contributed by atoms with Gasteiger partial charge in [-0.2, -0.15) is 0 Å². The van der Waals surface area contributed by atoms with Gasteiger partial charge in [0.15, 0.2) is 6.10 Å². The fourth-order valence-electron chi connectivity index (χ4n) is 3.56. The number of carboxylic acids is 1. The Hall–Kier alpha value is -2.86. The molecule has 1 fully saturated rings. The van der Waals surface area contributed by atoms with Crippen LogP contribution in [-0.2, 0) is 14.3 Å². The number of hydrogen-bond acceptors (Lipinski definition) is 4. The number of ether oxygens (including phenoxy) is 2. The molecule has 1 saturated heterocycles. The second-order valence-corrected chi connectivity index (χ2v) is 8.61. The van der Waals surface area contributed by atoms with Gasteiger partial charge < -0.3 is 14.6 Å². The molecule has 1 amide bonds. The smallest absolute Gasteiger partial charge is 0.413 e. The highest BCUT2D eigenvalue weighted by Gasteiger charge is 2.54. The number of carbonyl (C=O) groups excluding carboxylic acids is 1. The molecule has 0 bridgehead atoms. The summed E-state index contributed by atoms with van der Waals surface area (Å²) in [6, 6.07) is 16.6. The first-order valence-corrected chi connectivity index (χ1v) is 9.58. The van der Waals surface area contributed by atoms with E-state index in [2.05, 4.69) is 0 Å². The average Bonchev–Trinajstić information content (AvgIpc) is 2.93. The summed E-state index contributed by atoms with van der Waals surface area (Å²) in [6.45, 7) is 8.66. The molecule has 1 aliphatic rings. The van der Waals surface area contributed by atoms with Crippen molar-refractivity contribution >= 4 is 12.1 Å². The van der Waals surface area contributed by atoms with Crippen molar-refractivity contribution in [2.45, 2.75) is 58.1 Å². The lowest BCUT2D eigenvalue weighted by molar-refractivity contribution is -0.155. The van der Waals surface area contributed by atoms with Gasteiger partial charge in [0.2, 0.25) is 0 Å². The van der Waals surface area contributed by atoms with Gasteiger partial charge in [0.25, 0.3) is 0 Å².